The summed E-state index contributed by atoms with van der Waals surface area (Å²) in [6, 6.07) is 6.40. The first-order valence-corrected chi connectivity index (χ1v) is 7.22. The SMILES string of the molecule is CCCCCN(Cc1ccc(F)cc1)CC(C)C(=O)O. The molecule has 1 atom stereocenters. The minimum Gasteiger partial charge on any atom is -0.481 e. The molecule has 0 bridgehead atoms. The van der Waals surface area contributed by atoms with E-state index >= 15 is 0 Å². The Kier molecular flexibility index (Phi) is 7.23. The van der Waals surface area contributed by atoms with E-state index in [-0.39, 0.29) is 5.82 Å². The van der Waals surface area contributed by atoms with Crippen LogP contribution in [0.3, 0.4) is 0 Å². The minimum absolute atomic E-state index is 0.245. The molecular weight excluding hydrogens is 257 g/mol. The van der Waals surface area contributed by atoms with E-state index in [4.69, 9.17) is 5.11 Å². The number of carboxylic acid groups (broad SMARTS) is 1. The van der Waals surface area contributed by atoms with E-state index in [2.05, 4.69) is 11.8 Å². The van der Waals surface area contributed by atoms with E-state index in [1.54, 1.807) is 19.1 Å². The standard InChI is InChI=1S/C16H24FNO2/c1-3-4-5-10-18(11-13(2)16(19)20)12-14-6-8-15(17)9-7-14/h6-9,13H,3-5,10-12H2,1-2H3,(H,19,20). The Morgan fingerprint density at radius 3 is 2.50 bits per heavy atom. The van der Waals surface area contributed by atoms with Crippen LogP contribution in [0.5, 0.6) is 0 Å². The minimum atomic E-state index is -0.774. The molecule has 0 aliphatic rings. The number of aliphatic carboxylic acids is 1. The van der Waals surface area contributed by atoms with Gasteiger partial charge in [0.15, 0.2) is 0 Å². The Morgan fingerprint density at radius 1 is 1.30 bits per heavy atom. The lowest BCUT2D eigenvalue weighted by Crippen LogP contribution is -2.32. The maximum Gasteiger partial charge on any atom is 0.307 e. The second-order valence-corrected chi connectivity index (χ2v) is 5.31. The van der Waals surface area contributed by atoms with Crippen LogP contribution in [0, 0.1) is 11.7 Å². The van der Waals surface area contributed by atoms with Gasteiger partial charge in [0.25, 0.3) is 0 Å². The Morgan fingerprint density at radius 2 is 1.95 bits per heavy atom. The average Bonchev–Trinajstić information content (AvgIpc) is 2.41. The van der Waals surface area contributed by atoms with Gasteiger partial charge in [0.2, 0.25) is 0 Å². The molecule has 1 aromatic rings. The first kappa shape index (κ1) is 16.6. The highest BCUT2D eigenvalue weighted by atomic mass is 19.1. The van der Waals surface area contributed by atoms with Crippen molar-refractivity contribution in [2.45, 2.75) is 39.7 Å². The molecule has 0 aliphatic carbocycles. The zero-order valence-corrected chi connectivity index (χ0v) is 12.3. The predicted molar refractivity (Wildman–Crippen MR) is 78.0 cm³/mol. The third-order valence-electron chi connectivity index (χ3n) is 3.35. The highest BCUT2D eigenvalue weighted by Gasteiger charge is 2.16. The highest BCUT2D eigenvalue weighted by molar-refractivity contribution is 5.69. The van der Waals surface area contributed by atoms with E-state index < -0.39 is 11.9 Å². The number of rotatable bonds is 9. The highest BCUT2D eigenvalue weighted by Crippen LogP contribution is 2.11. The van der Waals surface area contributed by atoms with Gasteiger partial charge in [0, 0.05) is 13.1 Å². The number of carbonyl (C=O) groups is 1. The molecule has 1 aromatic carbocycles. The van der Waals surface area contributed by atoms with Crippen molar-refractivity contribution in [1.82, 2.24) is 4.90 Å². The van der Waals surface area contributed by atoms with E-state index in [1.165, 1.54) is 12.1 Å². The maximum atomic E-state index is 12.9. The van der Waals surface area contributed by atoms with Crippen molar-refractivity contribution in [3.8, 4) is 0 Å². The Balaban J connectivity index is 2.60. The number of nitrogens with zero attached hydrogens (tertiary/aromatic N) is 1. The molecule has 112 valence electrons. The van der Waals surface area contributed by atoms with Crippen LogP contribution in [0.15, 0.2) is 24.3 Å². The van der Waals surface area contributed by atoms with Crippen LogP contribution >= 0.6 is 0 Å². The molecule has 1 rings (SSSR count). The van der Waals surface area contributed by atoms with Crippen LogP contribution in [-0.4, -0.2) is 29.1 Å². The van der Waals surface area contributed by atoms with Crippen LogP contribution < -0.4 is 0 Å². The number of unbranched alkanes of at least 4 members (excludes halogenated alkanes) is 2. The van der Waals surface area contributed by atoms with Gasteiger partial charge >= 0.3 is 5.97 Å². The molecule has 0 saturated carbocycles. The molecule has 0 spiro atoms. The van der Waals surface area contributed by atoms with Gasteiger partial charge in [-0.2, -0.15) is 0 Å². The third-order valence-corrected chi connectivity index (χ3v) is 3.35. The predicted octanol–water partition coefficient (Wildman–Crippen LogP) is 3.54. The fourth-order valence-corrected chi connectivity index (χ4v) is 2.13. The van der Waals surface area contributed by atoms with Crippen LogP contribution in [-0.2, 0) is 11.3 Å². The summed E-state index contributed by atoms with van der Waals surface area (Å²) in [4.78, 5) is 13.1. The van der Waals surface area contributed by atoms with Crippen LogP contribution in [0.2, 0.25) is 0 Å². The molecule has 0 radical (unpaired) electrons. The summed E-state index contributed by atoms with van der Waals surface area (Å²) in [5.41, 5.74) is 1.01. The summed E-state index contributed by atoms with van der Waals surface area (Å²) in [6.07, 6.45) is 3.34. The molecule has 4 heteroatoms. The second kappa shape index (κ2) is 8.69. The van der Waals surface area contributed by atoms with Gasteiger partial charge in [-0.1, -0.05) is 38.8 Å². The lowest BCUT2D eigenvalue weighted by molar-refractivity contribution is -0.141. The van der Waals surface area contributed by atoms with Crippen molar-refractivity contribution in [3.05, 3.63) is 35.6 Å². The number of halogens is 1. The van der Waals surface area contributed by atoms with Gasteiger partial charge in [-0.25, -0.2) is 4.39 Å². The van der Waals surface area contributed by atoms with Crippen LogP contribution in [0.25, 0.3) is 0 Å². The monoisotopic (exact) mass is 281 g/mol. The van der Waals surface area contributed by atoms with E-state index in [0.29, 0.717) is 13.1 Å². The Labute approximate surface area is 120 Å². The molecule has 1 unspecified atom stereocenters. The van der Waals surface area contributed by atoms with Crippen molar-refractivity contribution in [3.63, 3.8) is 0 Å². The first-order valence-electron chi connectivity index (χ1n) is 7.22. The molecule has 3 nitrogen and oxygen atoms in total. The number of benzene rings is 1. The van der Waals surface area contributed by atoms with E-state index in [9.17, 15) is 9.18 Å². The molecule has 0 heterocycles. The molecule has 0 aromatic heterocycles. The molecule has 20 heavy (non-hydrogen) atoms. The van der Waals surface area contributed by atoms with Crippen LogP contribution in [0.1, 0.15) is 38.7 Å². The summed E-state index contributed by atoms with van der Waals surface area (Å²) in [7, 11) is 0. The van der Waals surface area contributed by atoms with Gasteiger partial charge in [-0.15, -0.1) is 0 Å². The molecule has 0 saturated heterocycles. The zero-order chi connectivity index (χ0) is 15.0. The Bertz CT molecular complexity index is 405. The average molecular weight is 281 g/mol. The summed E-state index contributed by atoms with van der Waals surface area (Å²) in [5.74, 6) is -1.41. The number of hydrogen-bond donors (Lipinski definition) is 1. The lowest BCUT2D eigenvalue weighted by atomic mass is 10.1. The fourth-order valence-electron chi connectivity index (χ4n) is 2.13. The van der Waals surface area contributed by atoms with Crippen LogP contribution in [0.4, 0.5) is 4.39 Å². The third kappa shape index (κ3) is 6.15. The largest absolute Gasteiger partial charge is 0.481 e. The van der Waals surface area contributed by atoms with Gasteiger partial charge in [0.1, 0.15) is 5.82 Å². The second-order valence-electron chi connectivity index (χ2n) is 5.31. The number of hydrogen-bond acceptors (Lipinski definition) is 2. The maximum absolute atomic E-state index is 12.9. The summed E-state index contributed by atoms with van der Waals surface area (Å²) < 4.78 is 12.9. The van der Waals surface area contributed by atoms with Gasteiger partial charge < -0.3 is 5.11 Å². The molecular formula is C16H24FNO2. The van der Waals surface area contributed by atoms with Crippen molar-refractivity contribution >= 4 is 5.97 Å². The first-order chi connectivity index (χ1) is 9.52. The van der Waals surface area contributed by atoms with Gasteiger partial charge in [-0.3, -0.25) is 9.69 Å². The van der Waals surface area contributed by atoms with Crippen molar-refractivity contribution in [2.75, 3.05) is 13.1 Å². The summed E-state index contributed by atoms with van der Waals surface area (Å²) in [6.45, 7) is 5.94. The Hall–Kier alpha value is -1.42. The molecule has 1 N–H and O–H groups in total. The van der Waals surface area contributed by atoms with Crippen molar-refractivity contribution in [1.29, 1.82) is 0 Å². The summed E-state index contributed by atoms with van der Waals surface area (Å²) >= 11 is 0. The smallest absolute Gasteiger partial charge is 0.307 e. The van der Waals surface area contributed by atoms with Crippen molar-refractivity contribution < 1.29 is 14.3 Å². The van der Waals surface area contributed by atoms with Gasteiger partial charge in [0.05, 0.1) is 5.92 Å². The van der Waals surface area contributed by atoms with E-state index in [0.717, 1.165) is 31.4 Å². The normalized spacial score (nSPS) is 12.6. The van der Waals surface area contributed by atoms with E-state index in [1.807, 2.05) is 0 Å². The molecule has 0 fully saturated rings. The van der Waals surface area contributed by atoms with Crippen molar-refractivity contribution in [2.24, 2.45) is 5.92 Å². The summed E-state index contributed by atoms with van der Waals surface area (Å²) in [5, 5.41) is 9.03. The number of carboxylic acids is 1. The topological polar surface area (TPSA) is 40.5 Å². The fraction of sp³-hybridized carbons (Fsp3) is 0.562. The molecule has 0 amide bonds. The zero-order valence-electron chi connectivity index (χ0n) is 12.3. The molecule has 0 aliphatic heterocycles. The van der Waals surface area contributed by atoms with Gasteiger partial charge in [-0.05, 0) is 30.7 Å². The quantitative estimate of drug-likeness (QED) is 0.704. The lowest BCUT2D eigenvalue weighted by Gasteiger charge is -2.24.